The number of rotatable bonds is 3. The van der Waals surface area contributed by atoms with E-state index in [0.29, 0.717) is 10.0 Å². The summed E-state index contributed by atoms with van der Waals surface area (Å²) >= 11 is 11.7. The summed E-state index contributed by atoms with van der Waals surface area (Å²) in [5, 5.41) is 1.27. The first-order valence-electron chi connectivity index (χ1n) is 5.59. The monoisotopic (exact) mass is 291 g/mol. The smallest absolute Gasteiger partial charge is 0.242 e. The van der Waals surface area contributed by atoms with Crippen LogP contribution in [0.5, 0.6) is 0 Å². The number of amides is 1. The van der Waals surface area contributed by atoms with Gasteiger partial charge in [-0.1, -0.05) is 47.5 Å². The van der Waals surface area contributed by atoms with Crippen molar-refractivity contribution in [1.82, 2.24) is 0 Å². The zero-order valence-electron chi connectivity index (χ0n) is 9.94. The third-order valence-corrected chi connectivity index (χ3v) is 3.10. The van der Waals surface area contributed by atoms with Crippen LogP contribution in [0, 0.1) is 0 Å². The van der Waals surface area contributed by atoms with Crippen molar-refractivity contribution in [2.45, 2.75) is 0 Å². The molecular formula is C15H11Cl2NO. The molecule has 0 fully saturated rings. The van der Waals surface area contributed by atoms with Crippen LogP contribution in [0.25, 0.3) is 5.57 Å². The summed E-state index contributed by atoms with van der Waals surface area (Å²) in [6.07, 6.45) is 1.40. The Bertz CT molecular complexity index is 568. The third kappa shape index (κ3) is 3.60. The van der Waals surface area contributed by atoms with Gasteiger partial charge in [-0.15, -0.1) is 0 Å². The number of carbonyl (C=O) groups is 1. The van der Waals surface area contributed by atoms with Crippen LogP contribution in [0.3, 0.4) is 0 Å². The predicted octanol–water partition coefficient (Wildman–Crippen LogP) is 3.91. The van der Waals surface area contributed by atoms with Crippen molar-refractivity contribution in [2.24, 2.45) is 5.73 Å². The minimum atomic E-state index is -0.500. The van der Waals surface area contributed by atoms with E-state index in [1.165, 1.54) is 6.08 Å². The zero-order chi connectivity index (χ0) is 13.8. The average molecular weight is 292 g/mol. The van der Waals surface area contributed by atoms with Crippen molar-refractivity contribution < 1.29 is 4.79 Å². The summed E-state index contributed by atoms with van der Waals surface area (Å²) in [5.41, 5.74) is 7.73. The van der Waals surface area contributed by atoms with Crippen molar-refractivity contribution >= 4 is 34.7 Å². The molecule has 0 radical (unpaired) electrons. The molecule has 0 bridgehead atoms. The molecule has 0 aliphatic rings. The molecule has 2 rings (SSSR count). The number of primary amides is 1. The number of hydrogen-bond acceptors (Lipinski definition) is 1. The van der Waals surface area contributed by atoms with Crippen molar-refractivity contribution in [2.75, 3.05) is 0 Å². The van der Waals surface area contributed by atoms with E-state index >= 15 is 0 Å². The Morgan fingerprint density at radius 1 is 0.842 bits per heavy atom. The van der Waals surface area contributed by atoms with Crippen molar-refractivity contribution in [3.05, 3.63) is 75.8 Å². The van der Waals surface area contributed by atoms with Gasteiger partial charge in [0, 0.05) is 16.1 Å². The SMILES string of the molecule is NC(=O)C=C(c1ccc(Cl)cc1)c1ccc(Cl)cc1. The van der Waals surface area contributed by atoms with Gasteiger partial charge >= 0.3 is 0 Å². The Hall–Kier alpha value is -1.77. The number of carbonyl (C=O) groups excluding carboxylic acids is 1. The molecule has 1 amide bonds. The highest BCUT2D eigenvalue weighted by Gasteiger charge is 2.06. The quantitative estimate of drug-likeness (QED) is 0.856. The maximum Gasteiger partial charge on any atom is 0.242 e. The predicted molar refractivity (Wildman–Crippen MR) is 79.2 cm³/mol. The van der Waals surface area contributed by atoms with Gasteiger partial charge in [0.15, 0.2) is 0 Å². The van der Waals surface area contributed by atoms with Crippen LogP contribution in [0.15, 0.2) is 54.6 Å². The van der Waals surface area contributed by atoms with E-state index in [9.17, 15) is 4.79 Å². The fraction of sp³-hybridized carbons (Fsp3) is 0. The number of halogens is 2. The first kappa shape index (κ1) is 13.7. The molecule has 2 nitrogen and oxygen atoms in total. The van der Waals surface area contributed by atoms with Gasteiger partial charge in [-0.25, -0.2) is 0 Å². The molecular weight excluding hydrogens is 281 g/mol. The van der Waals surface area contributed by atoms with E-state index in [4.69, 9.17) is 28.9 Å². The Morgan fingerprint density at radius 3 is 1.53 bits per heavy atom. The molecule has 2 aromatic rings. The standard InChI is InChI=1S/C15H11Cl2NO/c16-12-5-1-10(2-6-12)14(9-15(18)19)11-3-7-13(17)8-4-11/h1-9H,(H2,18,19). The van der Waals surface area contributed by atoms with E-state index in [2.05, 4.69) is 0 Å². The van der Waals surface area contributed by atoms with Crippen molar-refractivity contribution in [3.63, 3.8) is 0 Å². The molecule has 4 heteroatoms. The van der Waals surface area contributed by atoms with Gasteiger partial charge in [0.25, 0.3) is 0 Å². The third-order valence-electron chi connectivity index (χ3n) is 2.60. The van der Waals surface area contributed by atoms with Crippen molar-refractivity contribution in [3.8, 4) is 0 Å². The lowest BCUT2D eigenvalue weighted by Crippen LogP contribution is -2.07. The van der Waals surface area contributed by atoms with Crippen LogP contribution in [0.2, 0.25) is 10.0 Å². The average Bonchev–Trinajstić information content (AvgIpc) is 2.38. The van der Waals surface area contributed by atoms with E-state index in [0.717, 1.165) is 16.7 Å². The number of nitrogens with two attached hydrogens (primary N) is 1. The van der Waals surface area contributed by atoms with Crippen LogP contribution in [0.4, 0.5) is 0 Å². The van der Waals surface area contributed by atoms with Crippen LogP contribution >= 0.6 is 23.2 Å². The topological polar surface area (TPSA) is 43.1 Å². The fourth-order valence-electron chi connectivity index (χ4n) is 1.73. The molecule has 96 valence electrons. The van der Waals surface area contributed by atoms with E-state index in [1.807, 2.05) is 24.3 Å². The molecule has 0 saturated heterocycles. The second-order valence-corrected chi connectivity index (χ2v) is 4.85. The highest BCUT2D eigenvalue weighted by Crippen LogP contribution is 2.25. The fourth-order valence-corrected chi connectivity index (χ4v) is 1.99. The number of benzene rings is 2. The first-order chi connectivity index (χ1) is 9.06. The van der Waals surface area contributed by atoms with Gasteiger partial charge in [-0.3, -0.25) is 4.79 Å². The summed E-state index contributed by atoms with van der Waals surface area (Å²) in [6, 6.07) is 14.4. The van der Waals surface area contributed by atoms with Gasteiger partial charge in [-0.2, -0.15) is 0 Å². The largest absolute Gasteiger partial charge is 0.366 e. The summed E-state index contributed by atoms with van der Waals surface area (Å²) in [4.78, 5) is 11.2. The molecule has 0 aromatic heterocycles. The van der Waals surface area contributed by atoms with E-state index < -0.39 is 5.91 Å². The zero-order valence-corrected chi connectivity index (χ0v) is 11.4. The van der Waals surface area contributed by atoms with Gasteiger partial charge in [0.05, 0.1) is 0 Å². The van der Waals surface area contributed by atoms with Crippen LogP contribution < -0.4 is 5.73 Å². The first-order valence-corrected chi connectivity index (χ1v) is 6.35. The lowest BCUT2D eigenvalue weighted by Gasteiger charge is -2.08. The molecule has 0 aliphatic heterocycles. The molecule has 19 heavy (non-hydrogen) atoms. The normalized spacial score (nSPS) is 10.0. The van der Waals surface area contributed by atoms with Gasteiger partial charge in [0.2, 0.25) is 5.91 Å². The summed E-state index contributed by atoms with van der Waals surface area (Å²) < 4.78 is 0. The molecule has 2 N–H and O–H groups in total. The van der Waals surface area contributed by atoms with Crippen LogP contribution in [-0.4, -0.2) is 5.91 Å². The summed E-state index contributed by atoms with van der Waals surface area (Å²) in [7, 11) is 0. The molecule has 0 atom stereocenters. The van der Waals surface area contributed by atoms with E-state index in [1.54, 1.807) is 24.3 Å². The molecule has 0 spiro atoms. The summed E-state index contributed by atoms with van der Waals surface area (Å²) in [6.45, 7) is 0. The molecule has 0 aliphatic carbocycles. The minimum Gasteiger partial charge on any atom is -0.366 e. The minimum absolute atomic E-state index is 0.500. The second-order valence-electron chi connectivity index (χ2n) is 3.97. The van der Waals surface area contributed by atoms with Crippen molar-refractivity contribution in [1.29, 1.82) is 0 Å². The molecule has 0 saturated carbocycles. The van der Waals surface area contributed by atoms with Crippen LogP contribution in [0.1, 0.15) is 11.1 Å². The van der Waals surface area contributed by atoms with Crippen LogP contribution in [-0.2, 0) is 4.79 Å². The number of hydrogen-bond donors (Lipinski definition) is 1. The Balaban J connectivity index is 2.50. The molecule has 2 aromatic carbocycles. The lowest BCUT2D eigenvalue weighted by molar-refractivity contribution is -0.113. The Kier molecular flexibility index (Phi) is 4.25. The molecule has 0 unspecified atom stereocenters. The highest BCUT2D eigenvalue weighted by atomic mass is 35.5. The summed E-state index contributed by atoms with van der Waals surface area (Å²) in [5.74, 6) is -0.500. The molecule has 0 heterocycles. The van der Waals surface area contributed by atoms with Gasteiger partial charge in [0.1, 0.15) is 0 Å². The maximum atomic E-state index is 11.2. The lowest BCUT2D eigenvalue weighted by atomic mass is 9.97. The van der Waals surface area contributed by atoms with Gasteiger partial charge < -0.3 is 5.73 Å². The second kappa shape index (κ2) is 5.91. The highest BCUT2D eigenvalue weighted by molar-refractivity contribution is 6.31. The Labute approximate surface area is 121 Å². The maximum absolute atomic E-state index is 11.2. The van der Waals surface area contributed by atoms with E-state index in [-0.39, 0.29) is 0 Å². The van der Waals surface area contributed by atoms with Gasteiger partial charge in [-0.05, 0) is 41.0 Å². The Morgan fingerprint density at radius 2 is 1.21 bits per heavy atom.